The molecule has 6 rings (SSSR count). The van der Waals surface area contributed by atoms with Gasteiger partial charge in [-0.05, 0) is 227 Å². The molecule has 0 spiro atoms. The molecule has 0 bridgehead atoms. The van der Waals surface area contributed by atoms with Crippen LogP contribution < -0.4 is 0 Å². The molecule has 0 aliphatic heterocycles. The van der Waals surface area contributed by atoms with Crippen molar-refractivity contribution >= 4 is 0 Å². The number of benzene rings is 4. The lowest BCUT2D eigenvalue weighted by molar-refractivity contribution is 0.00145. The Morgan fingerprint density at radius 2 is 0.582 bits per heavy atom. The fraction of sp³-hybridized carbons (Fsp3) is 0.529. The minimum absolute atomic E-state index is 0.126. The number of aromatic hydroxyl groups is 4. The van der Waals surface area contributed by atoms with Crippen LogP contribution in [0.25, 0.3) is 0 Å². The molecule has 2 saturated carbocycles. The first-order valence-corrected chi connectivity index (χ1v) is 21.0. The van der Waals surface area contributed by atoms with E-state index in [9.17, 15) is 20.4 Å². The Morgan fingerprint density at radius 3 is 0.764 bits per heavy atom. The largest absolute Gasteiger partial charge is 0.507 e. The van der Waals surface area contributed by atoms with Gasteiger partial charge in [0.15, 0.2) is 0 Å². The average Bonchev–Trinajstić information content (AvgIpc) is 3.11. The molecule has 2 aliphatic rings. The summed E-state index contributed by atoms with van der Waals surface area (Å²) in [6.07, 6.45) is 13.6. The molecule has 4 nitrogen and oxygen atoms in total. The van der Waals surface area contributed by atoms with Gasteiger partial charge < -0.3 is 20.4 Å². The Hall–Kier alpha value is -3.92. The van der Waals surface area contributed by atoms with E-state index >= 15 is 0 Å². The maximum atomic E-state index is 10.6. The first kappa shape index (κ1) is 40.7. The lowest BCUT2D eigenvalue weighted by Gasteiger charge is -2.51. The number of aryl methyl sites for hydroxylation is 8. The highest BCUT2D eigenvalue weighted by Crippen LogP contribution is 2.56. The first-order chi connectivity index (χ1) is 25.8. The van der Waals surface area contributed by atoms with E-state index < -0.39 is 0 Å². The van der Waals surface area contributed by atoms with E-state index in [4.69, 9.17) is 0 Å². The van der Waals surface area contributed by atoms with E-state index in [1.54, 1.807) is 0 Å². The van der Waals surface area contributed by atoms with Gasteiger partial charge in [-0.3, -0.25) is 0 Å². The molecule has 55 heavy (non-hydrogen) atoms. The van der Waals surface area contributed by atoms with Gasteiger partial charge in [-0.2, -0.15) is 0 Å². The van der Waals surface area contributed by atoms with Crippen LogP contribution in [0, 0.1) is 83.5 Å². The van der Waals surface area contributed by atoms with E-state index in [0.29, 0.717) is 34.8 Å². The van der Waals surface area contributed by atoms with Crippen molar-refractivity contribution in [3.05, 3.63) is 115 Å². The Morgan fingerprint density at radius 1 is 0.400 bits per heavy atom. The normalized spacial score (nSPS) is 17.8. The lowest BCUT2D eigenvalue weighted by Crippen LogP contribution is -2.42. The Labute approximate surface area is 332 Å². The van der Waals surface area contributed by atoms with Gasteiger partial charge in [-0.25, -0.2) is 0 Å². The number of rotatable bonds is 10. The van der Waals surface area contributed by atoms with Gasteiger partial charge in [0.25, 0.3) is 0 Å². The van der Waals surface area contributed by atoms with Gasteiger partial charge in [0.05, 0.1) is 0 Å². The highest BCUT2D eigenvalue weighted by atomic mass is 16.3. The van der Waals surface area contributed by atoms with Crippen LogP contribution in [0.15, 0.2) is 48.5 Å². The van der Waals surface area contributed by atoms with Crippen molar-refractivity contribution in [3.63, 3.8) is 0 Å². The number of phenolic OH excluding ortho intramolecular Hbond substituents is 4. The van der Waals surface area contributed by atoms with Gasteiger partial charge in [-0.15, -0.1) is 0 Å². The fourth-order valence-corrected chi connectivity index (χ4v) is 11.4. The third kappa shape index (κ3) is 8.59. The van der Waals surface area contributed by atoms with Gasteiger partial charge in [0.2, 0.25) is 0 Å². The molecule has 4 N–H and O–H groups in total. The van der Waals surface area contributed by atoms with Crippen LogP contribution in [0.3, 0.4) is 0 Å². The van der Waals surface area contributed by atoms with E-state index in [0.717, 1.165) is 70.2 Å². The molecule has 4 aromatic rings. The smallest absolute Gasteiger partial charge is 0.121 e. The zero-order chi connectivity index (χ0) is 40.0. The second-order valence-electron chi connectivity index (χ2n) is 19.4. The van der Waals surface area contributed by atoms with Crippen LogP contribution >= 0.6 is 0 Å². The topological polar surface area (TPSA) is 80.9 Å². The molecule has 0 radical (unpaired) electrons. The SMILES string of the molecule is Cc1cc(CC2(Cc3cc(C)c(O)c(C)c3)CCC(C(C)(C)C3CCC(Cc4cc(C)c(O)c(C)c4)(Cc4cc(C)c(O)c(C)c4)CC3)CC2)cc(C)c1O. The standard InChI is InChI=1S/C51H68O4/c1-31-19-39(20-32(2)45(31)52)27-50(28-40-21-33(3)46(53)34(4)22-40)15-11-43(12-16-50)49(9,10)44-13-17-51(18-14-44,29-41-23-35(5)47(54)36(6)24-41)30-42-25-37(7)48(55)38(8)26-42/h19-26,43-44,52-55H,11-18,27-30H2,1-10H3. The van der Waals surface area contributed by atoms with E-state index in [-0.39, 0.29) is 16.2 Å². The number of hydrogen-bond donors (Lipinski definition) is 4. The fourth-order valence-electron chi connectivity index (χ4n) is 11.4. The predicted octanol–water partition coefficient (Wildman–Crippen LogP) is 12.6. The maximum absolute atomic E-state index is 10.6. The van der Waals surface area contributed by atoms with Crippen LogP contribution in [0.4, 0.5) is 0 Å². The summed E-state index contributed by atoms with van der Waals surface area (Å²) in [6.45, 7) is 21.3. The number of phenols is 4. The minimum atomic E-state index is 0.126. The maximum Gasteiger partial charge on any atom is 0.121 e. The lowest BCUT2D eigenvalue weighted by atomic mass is 9.53. The zero-order valence-corrected chi connectivity index (χ0v) is 35.5. The Balaban J connectivity index is 1.22. The highest BCUT2D eigenvalue weighted by Gasteiger charge is 2.46. The summed E-state index contributed by atoms with van der Waals surface area (Å²) in [5.74, 6) is 2.96. The zero-order valence-electron chi connectivity index (χ0n) is 35.5. The predicted molar refractivity (Wildman–Crippen MR) is 228 cm³/mol. The molecule has 296 valence electrons. The average molecular weight is 745 g/mol. The molecule has 0 atom stereocenters. The van der Waals surface area contributed by atoms with Crippen molar-refractivity contribution in [2.24, 2.45) is 28.1 Å². The van der Waals surface area contributed by atoms with Crippen LogP contribution in [0.1, 0.15) is 132 Å². The summed E-state index contributed by atoms with van der Waals surface area (Å²) in [5, 5.41) is 42.3. The van der Waals surface area contributed by atoms with Gasteiger partial charge in [0.1, 0.15) is 23.0 Å². The molecule has 0 amide bonds. The highest BCUT2D eigenvalue weighted by molar-refractivity contribution is 5.46. The van der Waals surface area contributed by atoms with Crippen molar-refractivity contribution < 1.29 is 20.4 Å². The minimum Gasteiger partial charge on any atom is -0.507 e. The first-order valence-electron chi connectivity index (χ1n) is 21.0. The van der Waals surface area contributed by atoms with E-state index in [1.807, 2.05) is 55.4 Å². The Bertz CT molecular complexity index is 1670. The number of hydrogen-bond acceptors (Lipinski definition) is 4. The van der Waals surface area contributed by atoms with Gasteiger partial charge in [-0.1, -0.05) is 62.4 Å². The molecule has 0 saturated heterocycles. The Kier molecular flexibility index (Phi) is 11.5. The molecule has 4 aromatic carbocycles. The summed E-state index contributed by atoms with van der Waals surface area (Å²) in [4.78, 5) is 0. The monoisotopic (exact) mass is 745 g/mol. The molecular formula is C51H68O4. The molecule has 0 aromatic heterocycles. The van der Waals surface area contributed by atoms with Crippen molar-refractivity contribution in [2.75, 3.05) is 0 Å². The van der Waals surface area contributed by atoms with E-state index in [1.165, 1.54) is 73.6 Å². The van der Waals surface area contributed by atoms with Crippen molar-refractivity contribution in [1.29, 1.82) is 0 Å². The summed E-state index contributed by atoms with van der Waals surface area (Å²) in [6, 6.07) is 17.6. The quantitative estimate of drug-likeness (QED) is 0.130. The van der Waals surface area contributed by atoms with Crippen molar-refractivity contribution in [1.82, 2.24) is 0 Å². The van der Waals surface area contributed by atoms with Gasteiger partial charge >= 0.3 is 0 Å². The summed E-state index contributed by atoms with van der Waals surface area (Å²) in [5.41, 5.74) is 13.4. The summed E-state index contributed by atoms with van der Waals surface area (Å²) in [7, 11) is 0. The molecule has 4 heteroatoms. The molecule has 0 heterocycles. The third-order valence-electron chi connectivity index (χ3n) is 14.7. The third-order valence-corrected chi connectivity index (χ3v) is 14.7. The van der Waals surface area contributed by atoms with E-state index in [2.05, 4.69) is 62.4 Å². The molecule has 0 unspecified atom stereocenters. The second-order valence-corrected chi connectivity index (χ2v) is 19.4. The van der Waals surface area contributed by atoms with Gasteiger partial charge in [0, 0.05) is 0 Å². The molecular weight excluding hydrogens is 677 g/mol. The molecule has 2 aliphatic carbocycles. The van der Waals surface area contributed by atoms with Crippen LogP contribution in [0.2, 0.25) is 0 Å². The van der Waals surface area contributed by atoms with Crippen LogP contribution in [-0.4, -0.2) is 20.4 Å². The van der Waals surface area contributed by atoms with Crippen LogP contribution in [0.5, 0.6) is 23.0 Å². The second kappa shape index (κ2) is 15.5. The van der Waals surface area contributed by atoms with Crippen molar-refractivity contribution in [2.45, 2.75) is 146 Å². The van der Waals surface area contributed by atoms with Crippen molar-refractivity contribution in [3.8, 4) is 23.0 Å². The summed E-state index contributed by atoms with van der Waals surface area (Å²) >= 11 is 0. The summed E-state index contributed by atoms with van der Waals surface area (Å²) < 4.78 is 0. The molecule has 2 fully saturated rings. The van der Waals surface area contributed by atoms with Crippen LogP contribution in [-0.2, 0) is 25.7 Å².